The van der Waals surface area contributed by atoms with Crippen LogP contribution in [-0.2, 0) is 10.8 Å². The summed E-state index contributed by atoms with van der Waals surface area (Å²) in [7, 11) is -1.20. The summed E-state index contributed by atoms with van der Waals surface area (Å²) in [5.74, 6) is 0.412. The highest BCUT2D eigenvalue weighted by molar-refractivity contribution is 7.85. The van der Waals surface area contributed by atoms with Gasteiger partial charge in [0.2, 0.25) is 0 Å². The molecule has 2 unspecified atom stereocenters. The molecule has 0 radical (unpaired) electrons. The third-order valence-electron chi connectivity index (χ3n) is 3.50. The average Bonchev–Trinajstić information content (AvgIpc) is 2.86. The summed E-state index contributed by atoms with van der Waals surface area (Å²) >= 11 is 5.68. The molecule has 0 spiro atoms. The monoisotopic (exact) mass is 289 g/mol. The van der Waals surface area contributed by atoms with Crippen molar-refractivity contribution in [2.45, 2.75) is 36.6 Å². The van der Waals surface area contributed by atoms with Crippen LogP contribution in [0.4, 0.5) is 4.39 Å². The number of nitrogens with two attached hydrogens (primary N) is 1. The van der Waals surface area contributed by atoms with Crippen LogP contribution in [0.3, 0.4) is 0 Å². The van der Waals surface area contributed by atoms with Crippen LogP contribution in [0.2, 0.25) is 5.02 Å². The van der Waals surface area contributed by atoms with Gasteiger partial charge in [-0.05, 0) is 37.0 Å². The van der Waals surface area contributed by atoms with Gasteiger partial charge in [-0.1, -0.05) is 24.4 Å². The highest BCUT2D eigenvalue weighted by Crippen LogP contribution is 2.28. The van der Waals surface area contributed by atoms with Gasteiger partial charge in [-0.2, -0.15) is 0 Å². The molecule has 1 fully saturated rings. The largest absolute Gasteiger partial charge is 0.327 e. The molecule has 1 saturated carbocycles. The van der Waals surface area contributed by atoms with E-state index in [1.165, 1.54) is 31.0 Å². The minimum absolute atomic E-state index is 0.00953. The van der Waals surface area contributed by atoms with Crippen LogP contribution in [0.25, 0.3) is 0 Å². The number of benzene rings is 1. The Morgan fingerprint density at radius 2 is 2.11 bits per heavy atom. The number of rotatable bonds is 4. The Hall–Kier alpha value is -0.450. The predicted molar refractivity (Wildman–Crippen MR) is 72.6 cm³/mol. The zero-order valence-electron chi connectivity index (χ0n) is 10.1. The normalized spacial score (nSPS) is 19.9. The van der Waals surface area contributed by atoms with Crippen LogP contribution >= 0.6 is 11.6 Å². The summed E-state index contributed by atoms with van der Waals surface area (Å²) in [6.07, 6.45) is 4.69. The Morgan fingerprint density at radius 3 is 2.72 bits per heavy atom. The molecule has 0 aromatic heterocycles. The van der Waals surface area contributed by atoms with Crippen LogP contribution in [0.5, 0.6) is 0 Å². The lowest BCUT2D eigenvalue weighted by Gasteiger charge is -2.18. The molecule has 1 aromatic carbocycles. The molecule has 0 saturated heterocycles. The zero-order valence-corrected chi connectivity index (χ0v) is 11.6. The molecule has 0 heterocycles. The van der Waals surface area contributed by atoms with Crippen LogP contribution < -0.4 is 5.73 Å². The van der Waals surface area contributed by atoms with Crippen molar-refractivity contribution in [3.05, 3.63) is 29.0 Å². The number of hydrogen-bond donors (Lipinski definition) is 1. The maximum atomic E-state index is 13.0. The van der Waals surface area contributed by atoms with Crippen molar-refractivity contribution in [2.24, 2.45) is 11.7 Å². The van der Waals surface area contributed by atoms with Crippen molar-refractivity contribution >= 4 is 22.4 Å². The Labute approximate surface area is 114 Å². The fourth-order valence-electron chi connectivity index (χ4n) is 2.41. The van der Waals surface area contributed by atoms with E-state index in [1.54, 1.807) is 0 Å². The van der Waals surface area contributed by atoms with Crippen LogP contribution in [0, 0.1) is 11.7 Å². The van der Waals surface area contributed by atoms with Crippen molar-refractivity contribution in [1.82, 2.24) is 0 Å². The predicted octanol–water partition coefficient (Wildman–Crippen LogP) is 3.10. The van der Waals surface area contributed by atoms with E-state index in [2.05, 4.69) is 0 Å². The van der Waals surface area contributed by atoms with E-state index < -0.39 is 16.6 Å². The summed E-state index contributed by atoms with van der Waals surface area (Å²) in [5.41, 5.74) is 6.09. The molecule has 18 heavy (non-hydrogen) atoms. The Morgan fingerprint density at radius 1 is 1.44 bits per heavy atom. The molecule has 1 aromatic rings. The topological polar surface area (TPSA) is 43.1 Å². The van der Waals surface area contributed by atoms with Crippen molar-refractivity contribution in [3.63, 3.8) is 0 Å². The van der Waals surface area contributed by atoms with E-state index in [0.717, 1.165) is 12.8 Å². The van der Waals surface area contributed by atoms with Gasteiger partial charge in [0, 0.05) is 16.7 Å². The lowest BCUT2D eigenvalue weighted by Crippen LogP contribution is -2.34. The standard InChI is InChI=1S/C13H17ClFNOS/c14-11-7-10(5-6-12(11)15)18(17)8-13(16)9-3-1-2-4-9/h5-7,9,13H,1-4,8,16H2. The molecule has 2 nitrogen and oxygen atoms in total. The first-order valence-corrected chi connectivity index (χ1v) is 7.86. The average molecular weight is 290 g/mol. The second kappa shape index (κ2) is 6.13. The van der Waals surface area contributed by atoms with Crippen LogP contribution in [-0.4, -0.2) is 16.0 Å². The Kier molecular flexibility index (Phi) is 4.76. The summed E-state index contributed by atoms with van der Waals surface area (Å²) < 4.78 is 25.1. The summed E-state index contributed by atoms with van der Waals surface area (Å²) in [6.45, 7) is 0. The van der Waals surface area contributed by atoms with Gasteiger partial charge >= 0.3 is 0 Å². The van der Waals surface area contributed by atoms with Gasteiger partial charge in [0.1, 0.15) is 5.82 Å². The molecular formula is C13H17ClFNOS. The molecule has 1 aliphatic carbocycles. The van der Waals surface area contributed by atoms with Gasteiger partial charge in [-0.3, -0.25) is 4.21 Å². The van der Waals surface area contributed by atoms with Crippen molar-refractivity contribution < 1.29 is 8.60 Å². The highest BCUT2D eigenvalue weighted by atomic mass is 35.5. The molecule has 0 amide bonds. The first-order chi connectivity index (χ1) is 8.58. The second-order valence-corrected chi connectivity index (χ2v) is 6.70. The van der Waals surface area contributed by atoms with E-state index in [-0.39, 0.29) is 11.1 Å². The van der Waals surface area contributed by atoms with Crippen LogP contribution in [0.1, 0.15) is 25.7 Å². The molecule has 0 aliphatic heterocycles. The minimum atomic E-state index is -1.20. The maximum Gasteiger partial charge on any atom is 0.141 e. The fourth-order valence-corrected chi connectivity index (χ4v) is 3.94. The second-order valence-electron chi connectivity index (χ2n) is 4.80. The van der Waals surface area contributed by atoms with E-state index in [1.807, 2.05) is 0 Å². The molecule has 100 valence electrons. The quantitative estimate of drug-likeness (QED) is 0.925. The summed E-state index contributed by atoms with van der Waals surface area (Å²) in [6, 6.07) is 4.14. The zero-order chi connectivity index (χ0) is 13.1. The molecule has 2 N–H and O–H groups in total. The van der Waals surface area contributed by atoms with Gasteiger partial charge in [-0.25, -0.2) is 4.39 Å². The third-order valence-corrected chi connectivity index (χ3v) is 5.26. The van der Waals surface area contributed by atoms with Gasteiger partial charge in [0.05, 0.1) is 15.8 Å². The maximum absolute atomic E-state index is 13.0. The molecule has 1 aliphatic rings. The lowest BCUT2D eigenvalue weighted by atomic mass is 10.0. The summed E-state index contributed by atoms with van der Waals surface area (Å²) in [5, 5.41) is 0.00953. The number of hydrogen-bond acceptors (Lipinski definition) is 2. The lowest BCUT2D eigenvalue weighted by molar-refractivity contribution is 0.460. The summed E-state index contributed by atoms with van der Waals surface area (Å²) in [4.78, 5) is 0.551. The smallest absolute Gasteiger partial charge is 0.141 e. The van der Waals surface area contributed by atoms with Gasteiger partial charge < -0.3 is 5.73 Å². The van der Waals surface area contributed by atoms with Gasteiger partial charge in [0.25, 0.3) is 0 Å². The molecule has 0 bridgehead atoms. The highest BCUT2D eigenvalue weighted by Gasteiger charge is 2.24. The van der Waals surface area contributed by atoms with Gasteiger partial charge in [0.15, 0.2) is 0 Å². The number of halogens is 2. The molecular weight excluding hydrogens is 273 g/mol. The van der Waals surface area contributed by atoms with E-state index in [9.17, 15) is 8.60 Å². The molecule has 2 rings (SSSR count). The van der Waals surface area contributed by atoms with E-state index in [0.29, 0.717) is 16.6 Å². The SMILES string of the molecule is NC(CS(=O)c1ccc(F)c(Cl)c1)C1CCCC1. The Balaban J connectivity index is 2.00. The van der Waals surface area contributed by atoms with Crippen molar-refractivity contribution in [1.29, 1.82) is 0 Å². The minimum Gasteiger partial charge on any atom is -0.327 e. The van der Waals surface area contributed by atoms with Crippen LogP contribution in [0.15, 0.2) is 23.1 Å². The first kappa shape index (κ1) is 14.0. The fraction of sp³-hybridized carbons (Fsp3) is 0.538. The van der Waals surface area contributed by atoms with Crippen molar-refractivity contribution in [3.8, 4) is 0 Å². The first-order valence-electron chi connectivity index (χ1n) is 6.17. The molecule has 5 heteroatoms. The Bertz CT molecular complexity index is 449. The van der Waals surface area contributed by atoms with Crippen molar-refractivity contribution in [2.75, 3.05) is 5.75 Å². The van der Waals surface area contributed by atoms with E-state index in [4.69, 9.17) is 17.3 Å². The third kappa shape index (κ3) is 3.31. The van der Waals surface area contributed by atoms with Gasteiger partial charge in [-0.15, -0.1) is 0 Å². The molecule has 2 atom stereocenters. The van der Waals surface area contributed by atoms with E-state index >= 15 is 0 Å².